The van der Waals surface area contributed by atoms with E-state index in [2.05, 4.69) is 4.98 Å². The van der Waals surface area contributed by atoms with Crippen LogP contribution in [0.3, 0.4) is 0 Å². The second kappa shape index (κ2) is 8.16. The van der Waals surface area contributed by atoms with Crippen molar-refractivity contribution in [2.24, 2.45) is 0 Å². The summed E-state index contributed by atoms with van der Waals surface area (Å²) in [5.74, 6) is 1.30. The number of rotatable bonds is 6. The van der Waals surface area contributed by atoms with Crippen molar-refractivity contribution in [1.29, 1.82) is 0 Å². The molecular weight excluding hydrogens is 336 g/mol. The molecule has 1 amide bonds. The molecule has 0 aliphatic carbocycles. The van der Waals surface area contributed by atoms with E-state index in [1.807, 2.05) is 32.9 Å². The second-order valence-corrected chi connectivity index (χ2v) is 6.98. The van der Waals surface area contributed by atoms with Crippen molar-refractivity contribution in [3.05, 3.63) is 45.4 Å². The third-order valence-electron chi connectivity index (χ3n) is 4.09. The Morgan fingerprint density at radius 2 is 2.00 bits per heavy atom. The zero-order valence-corrected chi connectivity index (χ0v) is 16.3. The van der Waals surface area contributed by atoms with Gasteiger partial charge < -0.3 is 14.4 Å². The standard InChI is InChI=1S/C19H24N2O3S/c1-12-19(25-14(3)20-12)13(2)21(4)18(22)10-8-15-7-9-16(23-5)11-17(15)24-6/h7-11,13H,1-6H3/b10-8+. The fourth-order valence-electron chi connectivity index (χ4n) is 2.54. The van der Waals surface area contributed by atoms with Crippen LogP contribution >= 0.6 is 11.3 Å². The lowest BCUT2D eigenvalue weighted by molar-refractivity contribution is -0.126. The Bertz CT molecular complexity index is 783. The van der Waals surface area contributed by atoms with Gasteiger partial charge in [0.25, 0.3) is 0 Å². The van der Waals surface area contributed by atoms with E-state index in [0.717, 1.165) is 21.1 Å². The van der Waals surface area contributed by atoms with Crippen LogP contribution in [0.1, 0.15) is 34.1 Å². The third-order valence-corrected chi connectivity index (χ3v) is 5.34. The molecule has 0 radical (unpaired) electrons. The molecule has 2 aromatic rings. The van der Waals surface area contributed by atoms with Crippen LogP contribution in [-0.4, -0.2) is 37.1 Å². The van der Waals surface area contributed by atoms with Crippen molar-refractivity contribution >= 4 is 23.3 Å². The van der Waals surface area contributed by atoms with Gasteiger partial charge in [-0.2, -0.15) is 0 Å². The van der Waals surface area contributed by atoms with E-state index in [-0.39, 0.29) is 11.9 Å². The minimum absolute atomic E-state index is 0.0267. The lowest BCUT2D eigenvalue weighted by Crippen LogP contribution is -2.27. The first-order valence-electron chi connectivity index (χ1n) is 7.98. The summed E-state index contributed by atoms with van der Waals surface area (Å²) in [5, 5.41) is 1.01. The monoisotopic (exact) mass is 360 g/mol. The summed E-state index contributed by atoms with van der Waals surface area (Å²) in [6, 6.07) is 5.46. The van der Waals surface area contributed by atoms with Crippen LogP contribution < -0.4 is 9.47 Å². The number of likely N-dealkylation sites (N-methyl/N-ethyl adjacent to an activating group) is 1. The van der Waals surface area contributed by atoms with Crippen molar-refractivity contribution < 1.29 is 14.3 Å². The summed E-state index contributed by atoms with van der Waals surface area (Å²) in [5.41, 5.74) is 1.80. The summed E-state index contributed by atoms with van der Waals surface area (Å²) in [6.45, 7) is 5.97. The fraction of sp³-hybridized carbons (Fsp3) is 0.368. The topological polar surface area (TPSA) is 51.7 Å². The molecule has 0 N–H and O–H groups in total. The number of hydrogen-bond acceptors (Lipinski definition) is 5. The summed E-state index contributed by atoms with van der Waals surface area (Å²) in [4.78, 5) is 19.8. The van der Waals surface area contributed by atoms with Crippen LogP contribution in [0.15, 0.2) is 24.3 Å². The largest absolute Gasteiger partial charge is 0.497 e. The first-order chi connectivity index (χ1) is 11.9. The minimum Gasteiger partial charge on any atom is -0.497 e. The number of aryl methyl sites for hydroxylation is 2. The molecule has 0 saturated carbocycles. The number of methoxy groups -OCH3 is 2. The molecule has 1 unspecified atom stereocenters. The second-order valence-electron chi connectivity index (χ2n) is 5.75. The van der Waals surface area contributed by atoms with E-state index >= 15 is 0 Å². The molecule has 25 heavy (non-hydrogen) atoms. The normalized spacial score (nSPS) is 12.2. The molecule has 0 saturated heterocycles. The highest BCUT2D eigenvalue weighted by Crippen LogP contribution is 2.29. The molecule has 1 atom stereocenters. The van der Waals surface area contributed by atoms with Gasteiger partial charge in [-0.05, 0) is 39.0 Å². The van der Waals surface area contributed by atoms with Crippen LogP contribution in [0.5, 0.6) is 11.5 Å². The molecule has 2 rings (SSSR count). The molecule has 0 aliphatic rings. The smallest absolute Gasteiger partial charge is 0.246 e. The van der Waals surface area contributed by atoms with E-state index in [1.165, 1.54) is 0 Å². The first-order valence-corrected chi connectivity index (χ1v) is 8.79. The number of benzene rings is 1. The van der Waals surface area contributed by atoms with Gasteiger partial charge in [0.05, 0.1) is 31.0 Å². The van der Waals surface area contributed by atoms with E-state index in [9.17, 15) is 4.79 Å². The molecule has 0 spiro atoms. The molecule has 1 heterocycles. The number of ether oxygens (including phenoxy) is 2. The molecular formula is C19H24N2O3S. The van der Waals surface area contributed by atoms with Crippen molar-refractivity contribution in [3.8, 4) is 11.5 Å². The molecule has 6 heteroatoms. The SMILES string of the molecule is COc1ccc(/C=C/C(=O)N(C)C(C)c2sc(C)nc2C)c(OC)c1. The third kappa shape index (κ3) is 4.39. The Morgan fingerprint density at radius 3 is 2.56 bits per heavy atom. The average molecular weight is 360 g/mol. The highest BCUT2D eigenvalue weighted by molar-refractivity contribution is 7.11. The number of amides is 1. The van der Waals surface area contributed by atoms with Gasteiger partial charge in [-0.15, -0.1) is 11.3 Å². The van der Waals surface area contributed by atoms with Crippen molar-refractivity contribution in [1.82, 2.24) is 9.88 Å². The number of carbonyl (C=O) groups is 1. The van der Waals surface area contributed by atoms with E-state index in [1.54, 1.807) is 55.7 Å². The first kappa shape index (κ1) is 19.0. The Hall–Kier alpha value is -2.34. The fourth-order valence-corrected chi connectivity index (χ4v) is 3.56. The number of aromatic nitrogens is 1. The quantitative estimate of drug-likeness (QED) is 0.731. The van der Waals surface area contributed by atoms with Gasteiger partial charge in [-0.1, -0.05) is 0 Å². The van der Waals surface area contributed by atoms with E-state index < -0.39 is 0 Å². The van der Waals surface area contributed by atoms with Crippen molar-refractivity contribution in [3.63, 3.8) is 0 Å². The minimum atomic E-state index is -0.0733. The lowest BCUT2D eigenvalue weighted by atomic mass is 10.1. The van der Waals surface area contributed by atoms with Crippen LogP contribution in [0.4, 0.5) is 0 Å². The Kier molecular flexibility index (Phi) is 6.20. The molecule has 5 nitrogen and oxygen atoms in total. The maximum absolute atomic E-state index is 12.5. The zero-order valence-electron chi connectivity index (χ0n) is 15.5. The Balaban J connectivity index is 2.15. The van der Waals surface area contributed by atoms with Gasteiger partial charge in [-0.25, -0.2) is 4.98 Å². The molecule has 1 aromatic carbocycles. The van der Waals surface area contributed by atoms with E-state index in [4.69, 9.17) is 9.47 Å². The van der Waals surface area contributed by atoms with Crippen LogP contribution in [0.25, 0.3) is 6.08 Å². The summed E-state index contributed by atoms with van der Waals surface area (Å²) in [7, 11) is 5.00. The summed E-state index contributed by atoms with van der Waals surface area (Å²) < 4.78 is 10.5. The van der Waals surface area contributed by atoms with Gasteiger partial charge in [0.2, 0.25) is 5.91 Å². The maximum Gasteiger partial charge on any atom is 0.246 e. The average Bonchev–Trinajstić information content (AvgIpc) is 2.96. The van der Waals surface area contributed by atoms with Gasteiger partial charge >= 0.3 is 0 Å². The number of thiazole rings is 1. The van der Waals surface area contributed by atoms with Crippen LogP contribution in [0, 0.1) is 13.8 Å². The van der Waals surface area contributed by atoms with Gasteiger partial charge in [-0.3, -0.25) is 4.79 Å². The highest BCUT2D eigenvalue weighted by atomic mass is 32.1. The molecule has 0 aliphatic heterocycles. The number of nitrogens with zero attached hydrogens (tertiary/aromatic N) is 2. The zero-order chi connectivity index (χ0) is 18.6. The van der Waals surface area contributed by atoms with Crippen LogP contribution in [-0.2, 0) is 4.79 Å². The maximum atomic E-state index is 12.5. The number of hydrogen-bond donors (Lipinski definition) is 0. The van der Waals surface area contributed by atoms with Gasteiger partial charge in [0.15, 0.2) is 0 Å². The van der Waals surface area contributed by atoms with Crippen molar-refractivity contribution in [2.45, 2.75) is 26.8 Å². The molecule has 1 aromatic heterocycles. The predicted octanol–water partition coefficient (Wildman–Crippen LogP) is 4.01. The molecule has 134 valence electrons. The van der Waals surface area contributed by atoms with Gasteiger partial charge in [0, 0.05) is 29.6 Å². The Morgan fingerprint density at radius 1 is 1.28 bits per heavy atom. The highest BCUT2D eigenvalue weighted by Gasteiger charge is 2.20. The van der Waals surface area contributed by atoms with Crippen molar-refractivity contribution in [2.75, 3.05) is 21.3 Å². The van der Waals surface area contributed by atoms with Crippen LogP contribution in [0.2, 0.25) is 0 Å². The Labute approximate surface area is 152 Å². The summed E-state index contributed by atoms with van der Waals surface area (Å²) >= 11 is 1.63. The van der Waals surface area contributed by atoms with Gasteiger partial charge in [0.1, 0.15) is 11.5 Å². The molecule has 0 bridgehead atoms. The lowest BCUT2D eigenvalue weighted by Gasteiger charge is -2.23. The molecule has 0 fully saturated rings. The predicted molar refractivity (Wildman–Crippen MR) is 101 cm³/mol. The summed E-state index contributed by atoms with van der Waals surface area (Å²) in [6.07, 6.45) is 3.32. The number of carbonyl (C=O) groups excluding carboxylic acids is 1. The van der Waals surface area contributed by atoms with E-state index in [0.29, 0.717) is 11.5 Å².